The second-order valence-electron chi connectivity index (χ2n) is 11.7. The summed E-state index contributed by atoms with van der Waals surface area (Å²) in [7, 11) is 0. The van der Waals surface area contributed by atoms with E-state index in [1.54, 1.807) is 72.8 Å². The Balaban J connectivity index is 0.000000281. The molecule has 0 saturated carbocycles. The summed E-state index contributed by atoms with van der Waals surface area (Å²) in [6.45, 7) is 0. The largest absolute Gasteiger partial charge is 0.457 e. The SMILES string of the molecule is Nc1ccc(C(=O)c2ccc(N)cc2)cc1.Nc1ccc(Oc2ccc(C(c3ccc(Oc4ccc(N)cc4)cc3)(C(F)(F)F)C(F)(F)F)cc2)cc1. The minimum absolute atomic E-state index is 0.0278. The lowest BCUT2D eigenvalue weighted by atomic mass is 9.73. The van der Waals surface area contributed by atoms with Gasteiger partial charge in [0, 0.05) is 33.9 Å². The van der Waals surface area contributed by atoms with Gasteiger partial charge >= 0.3 is 12.4 Å². The van der Waals surface area contributed by atoms with Crippen molar-refractivity contribution in [2.45, 2.75) is 17.8 Å². The number of ketones is 1. The maximum absolute atomic E-state index is 14.4. The van der Waals surface area contributed by atoms with Gasteiger partial charge in [-0.3, -0.25) is 4.79 Å². The summed E-state index contributed by atoms with van der Waals surface area (Å²) >= 11 is 0. The van der Waals surface area contributed by atoms with Crippen molar-refractivity contribution < 1.29 is 40.6 Å². The summed E-state index contributed by atoms with van der Waals surface area (Å²) in [6, 6.07) is 33.2. The van der Waals surface area contributed by atoms with E-state index in [9.17, 15) is 31.1 Å². The Morgan fingerprint density at radius 3 is 0.849 bits per heavy atom. The molecule has 7 nitrogen and oxygen atoms in total. The molecule has 0 aromatic heterocycles. The van der Waals surface area contributed by atoms with Crippen molar-refractivity contribution in [3.63, 3.8) is 0 Å². The van der Waals surface area contributed by atoms with Gasteiger partial charge < -0.3 is 32.4 Å². The zero-order chi connectivity index (χ0) is 38.4. The first-order chi connectivity index (χ1) is 25.1. The van der Waals surface area contributed by atoms with Crippen LogP contribution in [-0.2, 0) is 5.41 Å². The molecule has 6 aromatic rings. The Morgan fingerprint density at radius 1 is 0.377 bits per heavy atom. The van der Waals surface area contributed by atoms with Gasteiger partial charge in [-0.1, -0.05) is 24.3 Å². The van der Waals surface area contributed by atoms with E-state index in [-0.39, 0.29) is 17.3 Å². The van der Waals surface area contributed by atoms with Crippen LogP contribution >= 0.6 is 0 Å². The molecule has 0 atom stereocenters. The molecular formula is C40H32F6N4O3. The molecule has 0 bridgehead atoms. The Labute approximate surface area is 300 Å². The number of benzene rings is 6. The Bertz CT molecular complexity index is 1960. The van der Waals surface area contributed by atoms with Gasteiger partial charge in [0.25, 0.3) is 0 Å². The molecule has 6 aromatic carbocycles. The number of rotatable bonds is 8. The molecule has 0 saturated heterocycles. The maximum atomic E-state index is 14.4. The van der Waals surface area contributed by atoms with Gasteiger partial charge in [-0.05, 0) is 132 Å². The number of hydrogen-bond donors (Lipinski definition) is 4. The Hall–Kier alpha value is -6.63. The monoisotopic (exact) mass is 730 g/mol. The third-order valence-corrected chi connectivity index (χ3v) is 8.00. The molecule has 13 heteroatoms. The van der Waals surface area contributed by atoms with E-state index in [0.717, 1.165) is 48.5 Å². The number of carbonyl (C=O) groups is 1. The van der Waals surface area contributed by atoms with Gasteiger partial charge in [0.2, 0.25) is 5.41 Å². The van der Waals surface area contributed by atoms with Crippen molar-refractivity contribution in [1.82, 2.24) is 0 Å². The highest BCUT2D eigenvalue weighted by Gasteiger charge is 2.72. The van der Waals surface area contributed by atoms with E-state index in [1.807, 2.05) is 0 Å². The summed E-state index contributed by atoms with van der Waals surface area (Å²) in [5.41, 5.74) is 19.5. The number of nitrogens with two attached hydrogens (primary N) is 4. The average Bonchev–Trinajstić information content (AvgIpc) is 3.11. The van der Waals surface area contributed by atoms with Crippen molar-refractivity contribution in [3.8, 4) is 23.0 Å². The average molecular weight is 731 g/mol. The lowest BCUT2D eigenvalue weighted by molar-refractivity contribution is -0.288. The smallest absolute Gasteiger partial charge is 0.411 e. The topological polar surface area (TPSA) is 140 Å². The lowest BCUT2D eigenvalue weighted by Gasteiger charge is -2.38. The van der Waals surface area contributed by atoms with Gasteiger partial charge in [0.1, 0.15) is 23.0 Å². The fraction of sp³-hybridized carbons (Fsp3) is 0.0750. The molecule has 0 amide bonds. The molecule has 53 heavy (non-hydrogen) atoms. The van der Waals surface area contributed by atoms with Crippen LogP contribution in [0.15, 0.2) is 146 Å². The van der Waals surface area contributed by atoms with Crippen LogP contribution in [0.1, 0.15) is 27.0 Å². The van der Waals surface area contributed by atoms with Crippen LogP contribution in [0.4, 0.5) is 49.1 Å². The normalized spacial score (nSPS) is 11.6. The van der Waals surface area contributed by atoms with Crippen LogP contribution in [0.2, 0.25) is 0 Å². The van der Waals surface area contributed by atoms with Crippen molar-refractivity contribution in [2.75, 3.05) is 22.9 Å². The third kappa shape index (κ3) is 8.64. The minimum atomic E-state index is -5.72. The molecule has 0 unspecified atom stereocenters. The van der Waals surface area contributed by atoms with Crippen LogP contribution < -0.4 is 32.4 Å². The van der Waals surface area contributed by atoms with Gasteiger partial charge in [-0.25, -0.2) is 0 Å². The fourth-order valence-electron chi connectivity index (χ4n) is 5.31. The zero-order valence-corrected chi connectivity index (χ0v) is 27.7. The van der Waals surface area contributed by atoms with E-state index in [0.29, 0.717) is 45.4 Å². The number of ether oxygens (including phenoxy) is 2. The van der Waals surface area contributed by atoms with Crippen molar-refractivity contribution >= 4 is 28.5 Å². The van der Waals surface area contributed by atoms with E-state index < -0.39 is 28.9 Å². The number of nitrogen functional groups attached to an aromatic ring is 4. The summed E-state index contributed by atoms with van der Waals surface area (Å²) < 4.78 is 97.5. The Morgan fingerprint density at radius 2 is 0.604 bits per heavy atom. The molecule has 6 rings (SSSR count). The molecule has 0 radical (unpaired) electrons. The van der Waals surface area contributed by atoms with E-state index in [4.69, 9.17) is 32.4 Å². The van der Waals surface area contributed by atoms with Crippen LogP contribution in [-0.4, -0.2) is 18.1 Å². The van der Waals surface area contributed by atoms with Crippen molar-refractivity contribution in [1.29, 1.82) is 0 Å². The lowest BCUT2D eigenvalue weighted by Crippen LogP contribution is -2.54. The second kappa shape index (κ2) is 15.3. The highest BCUT2D eigenvalue weighted by Crippen LogP contribution is 2.56. The van der Waals surface area contributed by atoms with Gasteiger partial charge in [-0.15, -0.1) is 0 Å². The van der Waals surface area contributed by atoms with E-state index >= 15 is 0 Å². The van der Waals surface area contributed by atoms with Crippen LogP contribution in [0.3, 0.4) is 0 Å². The molecule has 0 heterocycles. The molecule has 0 aliphatic rings. The fourth-order valence-corrected chi connectivity index (χ4v) is 5.31. The highest BCUT2D eigenvalue weighted by atomic mass is 19.4. The number of anilines is 4. The number of carbonyl (C=O) groups excluding carboxylic acids is 1. The van der Waals surface area contributed by atoms with Crippen molar-refractivity contribution in [3.05, 3.63) is 168 Å². The van der Waals surface area contributed by atoms with E-state index in [1.165, 1.54) is 24.3 Å². The summed E-state index contributed by atoms with van der Waals surface area (Å²) in [5, 5.41) is 0. The number of halogens is 6. The summed E-state index contributed by atoms with van der Waals surface area (Å²) in [4.78, 5) is 12.0. The van der Waals surface area contributed by atoms with Gasteiger partial charge in [-0.2, -0.15) is 26.3 Å². The standard InChI is InChI=1S/C27H20F6N2O2.C13H12N2O/c28-26(29,30)25(27(31,32)33,17-1-9-21(10-2-17)36-23-13-5-19(34)6-14-23)18-3-11-22(12-4-18)37-24-15-7-20(35)8-16-24;14-11-5-1-9(2-6-11)13(16)10-3-7-12(15)8-4-10/h1-16H,34-35H2;1-8H,14-15H2. The quantitative estimate of drug-likeness (QED) is 0.0694. The van der Waals surface area contributed by atoms with Crippen LogP contribution in [0.25, 0.3) is 0 Å². The molecule has 8 N–H and O–H groups in total. The first kappa shape index (κ1) is 37.6. The van der Waals surface area contributed by atoms with E-state index in [2.05, 4.69) is 0 Å². The zero-order valence-electron chi connectivity index (χ0n) is 27.7. The summed E-state index contributed by atoms with van der Waals surface area (Å²) in [5.74, 6) is 0.714. The maximum Gasteiger partial charge on any atom is 0.411 e. The molecule has 0 aliphatic carbocycles. The molecule has 0 spiro atoms. The highest BCUT2D eigenvalue weighted by molar-refractivity contribution is 6.09. The third-order valence-electron chi connectivity index (χ3n) is 8.00. The molecule has 272 valence electrons. The number of hydrogen-bond acceptors (Lipinski definition) is 7. The molecule has 0 aliphatic heterocycles. The Kier molecular flexibility index (Phi) is 10.9. The predicted octanol–water partition coefficient (Wildman–Crippen LogP) is 9.93. The van der Waals surface area contributed by atoms with Gasteiger partial charge in [0.05, 0.1) is 0 Å². The summed E-state index contributed by atoms with van der Waals surface area (Å²) in [6.07, 6.45) is -11.4. The van der Waals surface area contributed by atoms with Crippen LogP contribution in [0, 0.1) is 0 Å². The first-order valence-electron chi connectivity index (χ1n) is 15.7. The molecular weight excluding hydrogens is 698 g/mol. The predicted molar refractivity (Wildman–Crippen MR) is 193 cm³/mol. The molecule has 0 fully saturated rings. The van der Waals surface area contributed by atoms with Crippen molar-refractivity contribution in [2.24, 2.45) is 0 Å². The number of alkyl halides is 6. The second-order valence-corrected chi connectivity index (χ2v) is 11.7. The van der Waals surface area contributed by atoms with Gasteiger partial charge in [0.15, 0.2) is 5.78 Å². The minimum Gasteiger partial charge on any atom is -0.457 e. The first-order valence-corrected chi connectivity index (χ1v) is 15.7. The van der Waals surface area contributed by atoms with Crippen LogP contribution in [0.5, 0.6) is 23.0 Å².